The molecule has 3 rings (SSSR count). The number of benzene rings is 2. The van der Waals surface area contributed by atoms with Crippen molar-refractivity contribution >= 4 is 33.1 Å². The highest BCUT2D eigenvalue weighted by molar-refractivity contribution is 7.18. The maximum Gasteiger partial charge on any atom is 0.279 e. The van der Waals surface area contributed by atoms with Crippen molar-refractivity contribution in [1.29, 1.82) is 0 Å². The highest BCUT2D eigenvalue weighted by Crippen LogP contribution is 2.24. The van der Waals surface area contributed by atoms with Crippen LogP contribution in [0.5, 0.6) is 0 Å². The van der Waals surface area contributed by atoms with Crippen LogP contribution in [0.4, 0.5) is 5.69 Å². The van der Waals surface area contributed by atoms with Gasteiger partial charge in [-0.2, -0.15) is 0 Å². The molecule has 0 aliphatic rings. The number of hydrogen-bond donors (Lipinski definition) is 2. The Morgan fingerprint density at radius 1 is 1.20 bits per heavy atom. The highest BCUT2D eigenvalue weighted by atomic mass is 32.1. The summed E-state index contributed by atoms with van der Waals surface area (Å²) in [5.74, 6) is 0.0229. The summed E-state index contributed by atoms with van der Waals surface area (Å²) < 4.78 is 1.19. The van der Waals surface area contributed by atoms with E-state index in [0.29, 0.717) is 6.54 Å². The normalized spacial score (nSPS) is 13.6. The zero-order valence-corrected chi connectivity index (χ0v) is 15.7. The number of anilines is 1. The third-order valence-corrected chi connectivity index (χ3v) is 5.72. The van der Waals surface area contributed by atoms with Crippen LogP contribution in [0.1, 0.15) is 30.5 Å². The summed E-state index contributed by atoms with van der Waals surface area (Å²) in [5, 5.41) is 4.05. The lowest BCUT2D eigenvalue weighted by molar-refractivity contribution is -0.902. The second-order valence-corrected chi connectivity index (χ2v) is 7.43. The number of para-hydroxylation sites is 1. The van der Waals surface area contributed by atoms with Gasteiger partial charge in [-0.05, 0) is 43.2 Å². The molecule has 25 heavy (non-hydrogen) atoms. The van der Waals surface area contributed by atoms with Crippen LogP contribution in [0, 0.1) is 0 Å². The molecule has 0 radical (unpaired) electrons. The standard InChI is InChI=1S/C20H23N3OS/c1-4-15-9-11-16(12-10-15)21-19(24)13-23(3)14(2)20-22-17-7-5-6-8-18(17)25-20/h5-12,14H,4,13H2,1-3H3,(H,21,24)/p+1/t14-/m0/s1. The second kappa shape index (κ2) is 7.76. The summed E-state index contributed by atoms with van der Waals surface area (Å²) >= 11 is 1.71. The van der Waals surface area contributed by atoms with Gasteiger partial charge in [0, 0.05) is 5.69 Å². The first-order valence-corrected chi connectivity index (χ1v) is 9.45. The van der Waals surface area contributed by atoms with Crippen molar-refractivity contribution in [3.8, 4) is 0 Å². The Bertz CT molecular complexity index is 824. The molecule has 2 aromatic carbocycles. The van der Waals surface area contributed by atoms with E-state index < -0.39 is 0 Å². The summed E-state index contributed by atoms with van der Waals surface area (Å²) in [6.07, 6.45) is 1.00. The Labute approximate surface area is 152 Å². The first-order chi connectivity index (χ1) is 12.1. The topological polar surface area (TPSA) is 46.4 Å². The predicted molar refractivity (Wildman–Crippen MR) is 104 cm³/mol. The molecule has 0 saturated carbocycles. The number of rotatable bonds is 6. The van der Waals surface area contributed by atoms with E-state index >= 15 is 0 Å². The van der Waals surface area contributed by atoms with E-state index in [1.807, 2.05) is 37.4 Å². The van der Waals surface area contributed by atoms with Gasteiger partial charge in [-0.25, -0.2) is 4.98 Å². The Hall–Kier alpha value is -2.24. The average Bonchev–Trinajstić information content (AvgIpc) is 3.05. The van der Waals surface area contributed by atoms with Gasteiger partial charge in [-0.3, -0.25) is 4.79 Å². The number of carbonyl (C=O) groups excluding carboxylic acids is 1. The van der Waals surface area contributed by atoms with Crippen molar-refractivity contribution in [1.82, 2.24) is 4.98 Å². The van der Waals surface area contributed by atoms with Gasteiger partial charge in [0.25, 0.3) is 5.91 Å². The molecule has 3 aromatic rings. The Balaban J connectivity index is 1.61. The number of likely N-dealkylation sites (N-methyl/N-ethyl adjacent to an activating group) is 1. The quantitative estimate of drug-likeness (QED) is 0.715. The van der Waals surface area contributed by atoms with Gasteiger partial charge >= 0.3 is 0 Å². The van der Waals surface area contributed by atoms with Gasteiger partial charge in [0.05, 0.1) is 17.3 Å². The number of fused-ring (bicyclic) bond motifs is 1. The molecule has 0 aliphatic carbocycles. The predicted octanol–water partition coefficient (Wildman–Crippen LogP) is 3.07. The van der Waals surface area contributed by atoms with E-state index in [0.717, 1.165) is 27.5 Å². The SMILES string of the molecule is CCc1ccc(NC(=O)C[NH+](C)[C@@H](C)c2nc3ccccc3s2)cc1. The minimum Gasteiger partial charge on any atom is -0.322 e. The summed E-state index contributed by atoms with van der Waals surface area (Å²) in [5.41, 5.74) is 3.15. The number of nitrogens with zero attached hydrogens (tertiary/aromatic N) is 1. The van der Waals surface area contributed by atoms with E-state index in [9.17, 15) is 4.79 Å². The molecule has 0 saturated heterocycles. The Kier molecular flexibility index (Phi) is 5.46. The molecule has 0 bridgehead atoms. The van der Waals surface area contributed by atoms with Crippen LogP contribution in [0.3, 0.4) is 0 Å². The monoisotopic (exact) mass is 354 g/mol. The fourth-order valence-corrected chi connectivity index (χ4v) is 3.83. The Morgan fingerprint density at radius 3 is 2.60 bits per heavy atom. The molecule has 0 fully saturated rings. The highest BCUT2D eigenvalue weighted by Gasteiger charge is 2.22. The molecule has 1 unspecified atom stereocenters. The van der Waals surface area contributed by atoms with E-state index in [-0.39, 0.29) is 11.9 Å². The lowest BCUT2D eigenvalue weighted by atomic mass is 10.1. The van der Waals surface area contributed by atoms with Gasteiger partial charge in [-0.1, -0.05) is 31.2 Å². The first kappa shape index (κ1) is 17.6. The van der Waals surface area contributed by atoms with Crippen LogP contribution in [0.25, 0.3) is 10.2 Å². The van der Waals surface area contributed by atoms with E-state index in [1.54, 1.807) is 11.3 Å². The van der Waals surface area contributed by atoms with Gasteiger partial charge in [-0.15, -0.1) is 11.3 Å². The van der Waals surface area contributed by atoms with Gasteiger partial charge in [0.1, 0.15) is 6.04 Å². The molecule has 130 valence electrons. The summed E-state index contributed by atoms with van der Waals surface area (Å²) in [7, 11) is 2.04. The van der Waals surface area contributed by atoms with Crippen LogP contribution < -0.4 is 10.2 Å². The van der Waals surface area contributed by atoms with Crippen molar-refractivity contribution in [3.05, 3.63) is 59.1 Å². The minimum atomic E-state index is 0.0229. The fourth-order valence-electron chi connectivity index (χ4n) is 2.72. The molecule has 5 heteroatoms. The van der Waals surface area contributed by atoms with Crippen LogP contribution in [0.15, 0.2) is 48.5 Å². The molecule has 0 spiro atoms. The summed E-state index contributed by atoms with van der Waals surface area (Å²) in [4.78, 5) is 18.2. The zero-order valence-electron chi connectivity index (χ0n) is 14.9. The number of quaternary nitrogens is 1. The number of amides is 1. The van der Waals surface area contributed by atoms with Gasteiger partial charge < -0.3 is 10.2 Å². The van der Waals surface area contributed by atoms with Crippen LogP contribution in [0.2, 0.25) is 0 Å². The average molecular weight is 354 g/mol. The fraction of sp³-hybridized carbons (Fsp3) is 0.300. The number of aryl methyl sites for hydroxylation is 1. The maximum absolute atomic E-state index is 12.3. The molecule has 1 heterocycles. The molecule has 2 N–H and O–H groups in total. The van der Waals surface area contributed by atoms with Crippen LogP contribution in [-0.2, 0) is 11.2 Å². The number of aromatic nitrogens is 1. The van der Waals surface area contributed by atoms with E-state index in [1.165, 1.54) is 10.3 Å². The number of hydrogen-bond acceptors (Lipinski definition) is 3. The minimum absolute atomic E-state index is 0.0229. The van der Waals surface area contributed by atoms with Gasteiger partial charge in [0.15, 0.2) is 11.6 Å². The number of carbonyl (C=O) groups is 1. The summed E-state index contributed by atoms with van der Waals surface area (Å²) in [6, 6.07) is 16.4. The zero-order chi connectivity index (χ0) is 17.8. The van der Waals surface area contributed by atoms with E-state index in [2.05, 4.69) is 37.4 Å². The lowest BCUT2D eigenvalue weighted by Gasteiger charge is -2.19. The Morgan fingerprint density at radius 2 is 1.92 bits per heavy atom. The maximum atomic E-state index is 12.3. The van der Waals surface area contributed by atoms with Crippen molar-refractivity contribution in [3.63, 3.8) is 0 Å². The molecule has 1 aromatic heterocycles. The summed E-state index contributed by atoms with van der Waals surface area (Å²) in [6.45, 7) is 4.65. The number of nitrogens with one attached hydrogen (secondary N) is 2. The molecular formula is C20H24N3OS+. The van der Waals surface area contributed by atoms with E-state index in [4.69, 9.17) is 4.98 Å². The van der Waals surface area contributed by atoms with Crippen molar-refractivity contribution in [2.75, 3.05) is 18.9 Å². The first-order valence-electron chi connectivity index (χ1n) is 8.63. The van der Waals surface area contributed by atoms with Crippen molar-refractivity contribution < 1.29 is 9.69 Å². The van der Waals surface area contributed by atoms with Crippen LogP contribution >= 0.6 is 11.3 Å². The van der Waals surface area contributed by atoms with Crippen LogP contribution in [-0.4, -0.2) is 24.5 Å². The molecule has 1 amide bonds. The molecule has 0 aliphatic heterocycles. The lowest BCUT2D eigenvalue weighted by Crippen LogP contribution is -3.10. The third-order valence-electron chi connectivity index (χ3n) is 4.51. The number of thiazole rings is 1. The molecule has 2 atom stereocenters. The smallest absolute Gasteiger partial charge is 0.279 e. The van der Waals surface area contributed by atoms with Gasteiger partial charge in [0.2, 0.25) is 0 Å². The molecule has 4 nitrogen and oxygen atoms in total. The second-order valence-electron chi connectivity index (χ2n) is 6.36. The van der Waals surface area contributed by atoms with Crippen molar-refractivity contribution in [2.45, 2.75) is 26.3 Å². The molecular weight excluding hydrogens is 330 g/mol. The third kappa shape index (κ3) is 4.24. The van der Waals surface area contributed by atoms with Crippen molar-refractivity contribution in [2.24, 2.45) is 0 Å². The largest absolute Gasteiger partial charge is 0.322 e.